The van der Waals surface area contributed by atoms with Gasteiger partial charge in [0.15, 0.2) is 11.6 Å². The summed E-state index contributed by atoms with van der Waals surface area (Å²) in [5, 5.41) is 9.87. The lowest BCUT2D eigenvalue weighted by Gasteiger charge is -2.68. The SMILES string of the molecule is COC[C@@H]1C(=O)C(C#N)=C[C@]2(C)C3=CC(=O)C4C5CC(C)(C)CC[C@]5(C(=O)OC)CC[C@@]4(C)[C@]3(C)CCC12. The molecular formula is C32H43NO5. The van der Waals surface area contributed by atoms with Crippen LogP contribution in [0.4, 0.5) is 0 Å². The number of nitriles is 1. The minimum absolute atomic E-state index is 0.0225. The third kappa shape index (κ3) is 3.36. The molecule has 6 heteroatoms. The van der Waals surface area contributed by atoms with E-state index in [-0.39, 0.29) is 63.7 Å². The van der Waals surface area contributed by atoms with Crippen LogP contribution in [0, 0.1) is 62.1 Å². The number of nitrogens with zero attached hydrogens (tertiary/aromatic N) is 1. The molecule has 0 amide bonds. The monoisotopic (exact) mass is 521 g/mol. The summed E-state index contributed by atoms with van der Waals surface area (Å²) in [5.74, 6) is -0.938. The second-order valence-corrected chi connectivity index (χ2v) is 14.3. The largest absolute Gasteiger partial charge is 0.469 e. The zero-order valence-electron chi connectivity index (χ0n) is 24.1. The minimum atomic E-state index is -0.610. The first kappa shape index (κ1) is 27.3. The quantitative estimate of drug-likeness (QED) is 0.448. The Hall–Kier alpha value is -2.26. The molecule has 38 heavy (non-hydrogen) atoms. The fraction of sp³-hybridized carbons (Fsp3) is 0.750. The summed E-state index contributed by atoms with van der Waals surface area (Å²) in [6.07, 6.45) is 9.47. The molecule has 6 nitrogen and oxygen atoms in total. The van der Waals surface area contributed by atoms with Crippen LogP contribution in [0.5, 0.6) is 0 Å². The lowest BCUT2D eigenvalue weighted by molar-refractivity contribution is -0.190. The van der Waals surface area contributed by atoms with Crippen LogP contribution >= 0.6 is 0 Å². The number of allylic oxidation sites excluding steroid dienone is 4. The van der Waals surface area contributed by atoms with Gasteiger partial charge in [0.2, 0.25) is 0 Å². The van der Waals surface area contributed by atoms with Gasteiger partial charge in [-0.1, -0.05) is 46.3 Å². The molecule has 3 saturated carbocycles. The number of hydrogen-bond acceptors (Lipinski definition) is 6. The van der Waals surface area contributed by atoms with E-state index in [9.17, 15) is 19.6 Å². The number of hydrogen-bond donors (Lipinski definition) is 0. The molecule has 8 atom stereocenters. The topological polar surface area (TPSA) is 93.5 Å². The zero-order valence-corrected chi connectivity index (χ0v) is 24.1. The molecule has 5 aliphatic rings. The first-order valence-electron chi connectivity index (χ1n) is 14.3. The molecule has 0 N–H and O–H groups in total. The van der Waals surface area contributed by atoms with Crippen LogP contribution in [0.3, 0.4) is 0 Å². The number of Topliss-reactive ketones (excluding diaryl/α,β-unsaturated/α-hetero) is 1. The lowest BCUT2D eigenvalue weighted by Crippen LogP contribution is -2.65. The summed E-state index contributed by atoms with van der Waals surface area (Å²) in [4.78, 5) is 41.0. The van der Waals surface area contributed by atoms with E-state index in [2.05, 4.69) is 40.7 Å². The van der Waals surface area contributed by atoms with Gasteiger partial charge in [0.05, 0.1) is 30.6 Å². The average molecular weight is 522 g/mol. The second kappa shape index (κ2) is 8.62. The van der Waals surface area contributed by atoms with Crippen LogP contribution in [0.25, 0.3) is 0 Å². The molecule has 0 saturated heterocycles. The first-order valence-corrected chi connectivity index (χ1v) is 14.3. The maximum Gasteiger partial charge on any atom is 0.312 e. The van der Waals surface area contributed by atoms with Crippen molar-refractivity contribution in [2.75, 3.05) is 20.8 Å². The van der Waals surface area contributed by atoms with Crippen molar-refractivity contribution in [3.05, 3.63) is 23.3 Å². The molecule has 5 aliphatic carbocycles. The number of esters is 1. The second-order valence-electron chi connectivity index (χ2n) is 14.3. The van der Waals surface area contributed by atoms with Gasteiger partial charge in [-0.2, -0.15) is 5.26 Å². The highest BCUT2D eigenvalue weighted by atomic mass is 16.5. The Morgan fingerprint density at radius 2 is 1.71 bits per heavy atom. The third-order valence-electron chi connectivity index (χ3n) is 12.3. The summed E-state index contributed by atoms with van der Waals surface area (Å²) in [7, 11) is 3.07. The van der Waals surface area contributed by atoms with E-state index >= 15 is 0 Å². The van der Waals surface area contributed by atoms with Gasteiger partial charge in [-0.3, -0.25) is 14.4 Å². The summed E-state index contributed by atoms with van der Waals surface area (Å²) in [6, 6.07) is 2.15. The Balaban J connectivity index is 1.68. The van der Waals surface area contributed by atoms with Crippen molar-refractivity contribution in [3.8, 4) is 6.07 Å². The molecule has 0 aromatic carbocycles. The van der Waals surface area contributed by atoms with E-state index in [1.165, 1.54) is 7.11 Å². The Labute approximate surface area is 227 Å². The highest BCUT2D eigenvalue weighted by molar-refractivity contribution is 6.03. The Kier molecular flexibility index (Phi) is 6.19. The third-order valence-corrected chi connectivity index (χ3v) is 12.3. The van der Waals surface area contributed by atoms with Crippen LogP contribution < -0.4 is 0 Å². The van der Waals surface area contributed by atoms with E-state index < -0.39 is 16.7 Å². The van der Waals surface area contributed by atoms with Crippen LogP contribution in [0.2, 0.25) is 0 Å². The van der Waals surface area contributed by atoms with Gasteiger partial charge in [-0.25, -0.2) is 0 Å². The van der Waals surface area contributed by atoms with Gasteiger partial charge in [-0.05, 0) is 79.1 Å². The van der Waals surface area contributed by atoms with Gasteiger partial charge in [0.1, 0.15) is 6.07 Å². The number of ether oxygens (including phenoxy) is 2. The van der Waals surface area contributed by atoms with Crippen molar-refractivity contribution >= 4 is 17.5 Å². The molecule has 0 radical (unpaired) electrons. The van der Waals surface area contributed by atoms with Crippen LogP contribution in [-0.4, -0.2) is 38.4 Å². The molecule has 3 unspecified atom stereocenters. The predicted molar refractivity (Wildman–Crippen MR) is 142 cm³/mol. The molecule has 0 heterocycles. The smallest absolute Gasteiger partial charge is 0.312 e. The van der Waals surface area contributed by atoms with Crippen molar-refractivity contribution in [3.63, 3.8) is 0 Å². The van der Waals surface area contributed by atoms with Gasteiger partial charge in [-0.15, -0.1) is 0 Å². The normalized spacial score (nSPS) is 45.3. The van der Waals surface area contributed by atoms with Crippen molar-refractivity contribution < 1.29 is 23.9 Å². The van der Waals surface area contributed by atoms with Crippen molar-refractivity contribution in [2.45, 2.75) is 79.6 Å². The first-order chi connectivity index (χ1) is 17.7. The number of ketones is 2. The van der Waals surface area contributed by atoms with Gasteiger partial charge < -0.3 is 9.47 Å². The van der Waals surface area contributed by atoms with Crippen molar-refractivity contribution in [1.29, 1.82) is 5.26 Å². The molecule has 0 aliphatic heterocycles. The number of carbonyl (C=O) groups excluding carboxylic acids is 3. The Bertz CT molecular complexity index is 1190. The average Bonchev–Trinajstić information content (AvgIpc) is 2.86. The molecule has 5 rings (SSSR count). The molecule has 0 bridgehead atoms. The predicted octanol–water partition coefficient (Wildman–Crippen LogP) is 5.62. The van der Waals surface area contributed by atoms with Crippen LogP contribution in [0.15, 0.2) is 23.3 Å². The molecule has 0 aromatic heterocycles. The molecular weight excluding hydrogens is 478 g/mol. The summed E-state index contributed by atoms with van der Waals surface area (Å²) >= 11 is 0. The van der Waals surface area contributed by atoms with E-state index in [1.54, 1.807) is 7.11 Å². The summed E-state index contributed by atoms with van der Waals surface area (Å²) in [5.41, 5.74) is -0.531. The molecule has 0 aromatic rings. The Morgan fingerprint density at radius 3 is 2.34 bits per heavy atom. The highest BCUT2D eigenvalue weighted by Gasteiger charge is 2.70. The highest BCUT2D eigenvalue weighted by Crippen LogP contribution is 2.73. The fourth-order valence-electron chi connectivity index (χ4n) is 9.99. The van der Waals surface area contributed by atoms with E-state index in [1.807, 2.05) is 12.2 Å². The standard InChI is InChI=1S/C32H43NO5/c1-28(2)10-12-32(27(36)38-7)13-11-31(5)25(22(32)16-28)23(34)14-24-29(3)15-19(17-33)26(35)20(18-37-6)21(29)8-9-30(24,31)4/h14-15,20-22,25H,8-13,16,18H2,1-7H3/t20-,21?,22?,25?,29-,30+,31+,32-/m0/s1. The lowest BCUT2D eigenvalue weighted by atomic mass is 9.35. The Morgan fingerprint density at radius 1 is 1.03 bits per heavy atom. The summed E-state index contributed by atoms with van der Waals surface area (Å²) < 4.78 is 10.9. The number of carbonyl (C=O) groups is 3. The van der Waals surface area contributed by atoms with E-state index in [4.69, 9.17) is 9.47 Å². The van der Waals surface area contributed by atoms with Crippen LogP contribution in [-0.2, 0) is 23.9 Å². The minimum Gasteiger partial charge on any atom is -0.469 e. The van der Waals surface area contributed by atoms with Gasteiger partial charge in [0.25, 0.3) is 0 Å². The number of fused-ring (bicyclic) bond motifs is 7. The maximum absolute atomic E-state index is 14.4. The van der Waals surface area contributed by atoms with Crippen molar-refractivity contribution in [1.82, 2.24) is 0 Å². The van der Waals surface area contributed by atoms with Crippen molar-refractivity contribution in [2.24, 2.45) is 50.7 Å². The van der Waals surface area contributed by atoms with Gasteiger partial charge >= 0.3 is 5.97 Å². The van der Waals surface area contributed by atoms with E-state index in [0.717, 1.165) is 50.5 Å². The fourth-order valence-corrected chi connectivity index (χ4v) is 9.99. The number of rotatable bonds is 3. The van der Waals surface area contributed by atoms with Gasteiger partial charge in [0, 0.05) is 18.4 Å². The zero-order chi connectivity index (χ0) is 27.9. The van der Waals surface area contributed by atoms with E-state index in [0.29, 0.717) is 0 Å². The maximum atomic E-state index is 14.4. The number of methoxy groups -OCH3 is 2. The molecule has 206 valence electrons. The molecule has 0 spiro atoms. The summed E-state index contributed by atoms with van der Waals surface area (Å²) in [6.45, 7) is 11.5. The molecule has 3 fully saturated rings. The van der Waals surface area contributed by atoms with Crippen LogP contribution in [0.1, 0.15) is 79.6 Å².